The largest absolute Gasteiger partial charge is 0.303 e. The molecule has 0 bridgehead atoms. The molecule has 3 unspecified atom stereocenters. The van der Waals surface area contributed by atoms with Crippen molar-refractivity contribution in [1.82, 2.24) is 4.90 Å². The van der Waals surface area contributed by atoms with Crippen molar-refractivity contribution in [3.63, 3.8) is 0 Å². The van der Waals surface area contributed by atoms with Crippen LogP contribution < -0.4 is 0 Å². The standard InChI is InChI=1S/C15H29NS/c1-2-5-13(12-17)10-16-9-8-14-6-3-4-7-15(14)11-16/h13-15,17H,2-12H2,1H3. The number of rotatable bonds is 5. The summed E-state index contributed by atoms with van der Waals surface area (Å²) >= 11 is 4.52. The van der Waals surface area contributed by atoms with Gasteiger partial charge in [-0.1, -0.05) is 32.6 Å². The van der Waals surface area contributed by atoms with E-state index in [9.17, 15) is 0 Å². The van der Waals surface area contributed by atoms with Gasteiger partial charge < -0.3 is 4.90 Å². The summed E-state index contributed by atoms with van der Waals surface area (Å²) < 4.78 is 0. The normalized spacial score (nSPS) is 32.1. The number of thiol groups is 1. The zero-order valence-electron chi connectivity index (χ0n) is 11.4. The van der Waals surface area contributed by atoms with Crippen LogP contribution >= 0.6 is 12.6 Å². The lowest BCUT2D eigenvalue weighted by Gasteiger charge is -2.42. The van der Waals surface area contributed by atoms with Crippen molar-refractivity contribution < 1.29 is 0 Å². The van der Waals surface area contributed by atoms with E-state index in [0.29, 0.717) is 0 Å². The van der Waals surface area contributed by atoms with Crippen molar-refractivity contribution >= 4 is 12.6 Å². The predicted molar refractivity (Wildman–Crippen MR) is 78.8 cm³/mol. The van der Waals surface area contributed by atoms with Gasteiger partial charge in [0.15, 0.2) is 0 Å². The Morgan fingerprint density at radius 1 is 1.18 bits per heavy atom. The molecule has 1 heterocycles. The molecule has 0 aromatic heterocycles. The van der Waals surface area contributed by atoms with E-state index in [1.165, 1.54) is 64.6 Å². The average Bonchev–Trinajstić information content (AvgIpc) is 2.38. The maximum atomic E-state index is 4.52. The molecular weight excluding hydrogens is 226 g/mol. The lowest BCUT2D eigenvalue weighted by atomic mass is 9.75. The highest BCUT2D eigenvalue weighted by Gasteiger charge is 2.31. The van der Waals surface area contributed by atoms with Crippen molar-refractivity contribution in [3.8, 4) is 0 Å². The molecule has 0 aromatic carbocycles. The van der Waals surface area contributed by atoms with Gasteiger partial charge in [0.25, 0.3) is 0 Å². The highest BCUT2D eigenvalue weighted by Crippen LogP contribution is 2.36. The number of hydrogen-bond acceptors (Lipinski definition) is 2. The van der Waals surface area contributed by atoms with Gasteiger partial charge in [-0.2, -0.15) is 12.6 Å². The minimum atomic E-state index is 0.823. The number of nitrogens with zero attached hydrogens (tertiary/aromatic N) is 1. The first kappa shape index (κ1) is 13.7. The highest BCUT2D eigenvalue weighted by molar-refractivity contribution is 7.80. The van der Waals surface area contributed by atoms with Crippen LogP contribution in [0.25, 0.3) is 0 Å². The Bertz CT molecular complexity index is 217. The molecule has 17 heavy (non-hydrogen) atoms. The van der Waals surface area contributed by atoms with Crippen LogP contribution in [-0.2, 0) is 0 Å². The molecule has 2 fully saturated rings. The molecule has 2 aliphatic rings. The van der Waals surface area contributed by atoms with Crippen LogP contribution in [0.5, 0.6) is 0 Å². The Kier molecular flexibility index (Phi) is 5.68. The van der Waals surface area contributed by atoms with Gasteiger partial charge in [-0.25, -0.2) is 0 Å². The molecule has 2 heteroatoms. The fourth-order valence-electron chi connectivity index (χ4n) is 3.86. The molecular formula is C15H29NS. The van der Waals surface area contributed by atoms with E-state index >= 15 is 0 Å². The van der Waals surface area contributed by atoms with Gasteiger partial charge in [0.05, 0.1) is 0 Å². The summed E-state index contributed by atoms with van der Waals surface area (Å²) in [4.78, 5) is 2.74. The molecule has 100 valence electrons. The summed E-state index contributed by atoms with van der Waals surface area (Å²) in [6, 6.07) is 0. The van der Waals surface area contributed by atoms with Crippen LogP contribution in [0.1, 0.15) is 51.9 Å². The van der Waals surface area contributed by atoms with Crippen molar-refractivity contribution in [1.29, 1.82) is 0 Å². The van der Waals surface area contributed by atoms with Crippen LogP contribution in [0.4, 0.5) is 0 Å². The summed E-state index contributed by atoms with van der Waals surface area (Å²) in [5, 5.41) is 0. The van der Waals surface area contributed by atoms with E-state index in [2.05, 4.69) is 24.5 Å². The first-order valence-corrected chi connectivity index (χ1v) is 8.30. The third-order valence-electron chi connectivity index (χ3n) is 4.85. The number of likely N-dealkylation sites (tertiary alicyclic amines) is 1. The Labute approximate surface area is 113 Å². The van der Waals surface area contributed by atoms with E-state index in [0.717, 1.165) is 23.5 Å². The smallest absolute Gasteiger partial charge is 0.00176 e. The van der Waals surface area contributed by atoms with Crippen LogP contribution in [0, 0.1) is 17.8 Å². The Hall–Kier alpha value is 0.310. The zero-order chi connectivity index (χ0) is 12.1. The van der Waals surface area contributed by atoms with Crippen molar-refractivity contribution in [2.24, 2.45) is 17.8 Å². The van der Waals surface area contributed by atoms with Crippen LogP contribution in [0.3, 0.4) is 0 Å². The van der Waals surface area contributed by atoms with E-state index in [1.807, 2.05) is 0 Å². The van der Waals surface area contributed by atoms with E-state index in [-0.39, 0.29) is 0 Å². The van der Waals surface area contributed by atoms with Crippen LogP contribution in [0.2, 0.25) is 0 Å². The fourth-order valence-corrected chi connectivity index (χ4v) is 4.15. The molecule has 0 aromatic rings. The summed E-state index contributed by atoms with van der Waals surface area (Å²) in [6.07, 6.45) is 10.1. The lowest BCUT2D eigenvalue weighted by Crippen LogP contribution is -2.43. The van der Waals surface area contributed by atoms with Crippen LogP contribution in [-0.4, -0.2) is 30.3 Å². The summed E-state index contributed by atoms with van der Waals surface area (Å²) in [7, 11) is 0. The van der Waals surface area contributed by atoms with Crippen molar-refractivity contribution in [2.45, 2.75) is 51.9 Å². The maximum absolute atomic E-state index is 4.52. The molecule has 3 atom stereocenters. The second-order valence-corrected chi connectivity index (χ2v) is 6.56. The Morgan fingerprint density at radius 3 is 2.65 bits per heavy atom. The van der Waals surface area contributed by atoms with Gasteiger partial charge in [-0.3, -0.25) is 0 Å². The minimum Gasteiger partial charge on any atom is -0.303 e. The SMILES string of the molecule is CCCC(CS)CN1CCC2CCCCC2C1. The second kappa shape index (κ2) is 7.04. The molecule has 0 radical (unpaired) electrons. The third-order valence-corrected chi connectivity index (χ3v) is 5.36. The Balaban J connectivity index is 1.78. The first-order valence-electron chi connectivity index (χ1n) is 7.66. The lowest BCUT2D eigenvalue weighted by molar-refractivity contribution is 0.0769. The predicted octanol–water partition coefficient (Wildman–Crippen LogP) is 3.84. The molecule has 2 rings (SSSR count). The summed E-state index contributed by atoms with van der Waals surface area (Å²) in [5.41, 5.74) is 0. The third kappa shape index (κ3) is 3.89. The summed E-state index contributed by atoms with van der Waals surface area (Å²) in [5.74, 6) is 3.99. The second-order valence-electron chi connectivity index (χ2n) is 6.19. The molecule has 1 saturated heterocycles. The van der Waals surface area contributed by atoms with Gasteiger partial charge in [0.2, 0.25) is 0 Å². The molecule has 1 nitrogen and oxygen atoms in total. The monoisotopic (exact) mass is 255 g/mol. The number of hydrogen-bond donors (Lipinski definition) is 1. The van der Waals surface area contributed by atoms with Gasteiger partial charge in [-0.15, -0.1) is 0 Å². The van der Waals surface area contributed by atoms with E-state index in [4.69, 9.17) is 0 Å². The van der Waals surface area contributed by atoms with Gasteiger partial charge in [0, 0.05) is 13.1 Å². The molecule has 1 aliphatic heterocycles. The Morgan fingerprint density at radius 2 is 1.94 bits per heavy atom. The molecule has 1 aliphatic carbocycles. The van der Waals surface area contributed by atoms with Gasteiger partial charge in [0.1, 0.15) is 0 Å². The quantitative estimate of drug-likeness (QED) is 0.730. The maximum Gasteiger partial charge on any atom is 0.00176 e. The zero-order valence-corrected chi connectivity index (χ0v) is 12.3. The molecule has 0 amide bonds. The summed E-state index contributed by atoms with van der Waals surface area (Å²) in [6.45, 7) is 6.35. The van der Waals surface area contributed by atoms with E-state index in [1.54, 1.807) is 0 Å². The number of piperidine rings is 1. The van der Waals surface area contributed by atoms with Gasteiger partial charge >= 0.3 is 0 Å². The molecule has 1 saturated carbocycles. The van der Waals surface area contributed by atoms with Crippen LogP contribution in [0.15, 0.2) is 0 Å². The van der Waals surface area contributed by atoms with Gasteiger partial charge in [-0.05, 0) is 49.3 Å². The number of fused-ring (bicyclic) bond motifs is 1. The molecule has 0 N–H and O–H groups in total. The average molecular weight is 255 g/mol. The van der Waals surface area contributed by atoms with E-state index < -0.39 is 0 Å². The minimum absolute atomic E-state index is 0.823. The van der Waals surface area contributed by atoms with Crippen molar-refractivity contribution in [3.05, 3.63) is 0 Å². The topological polar surface area (TPSA) is 3.24 Å². The fraction of sp³-hybridized carbons (Fsp3) is 1.00. The van der Waals surface area contributed by atoms with Crippen molar-refractivity contribution in [2.75, 3.05) is 25.4 Å². The molecule has 0 spiro atoms. The highest BCUT2D eigenvalue weighted by atomic mass is 32.1. The first-order chi connectivity index (χ1) is 8.33.